The third kappa shape index (κ3) is 4.98. The molecule has 0 aliphatic carbocycles. The summed E-state index contributed by atoms with van der Waals surface area (Å²) in [4.78, 5) is 12.4. The van der Waals surface area contributed by atoms with Gasteiger partial charge in [0.25, 0.3) is 0 Å². The highest BCUT2D eigenvalue weighted by Crippen LogP contribution is 2.28. The molecular weight excluding hydrogens is 326 g/mol. The molecule has 0 amide bonds. The second-order valence-corrected chi connectivity index (χ2v) is 6.31. The molecular formula is C19H22F2N2O2. The number of hydrogen-bond donors (Lipinski definition) is 0. The number of alkyl halides is 2. The highest BCUT2D eigenvalue weighted by Gasteiger charge is 2.23. The van der Waals surface area contributed by atoms with Gasteiger partial charge in [-0.25, -0.2) is 4.68 Å². The fourth-order valence-corrected chi connectivity index (χ4v) is 2.50. The zero-order chi connectivity index (χ0) is 18.6. The van der Waals surface area contributed by atoms with Crippen LogP contribution < -0.4 is 0 Å². The molecule has 0 radical (unpaired) electrons. The highest BCUT2D eigenvalue weighted by atomic mass is 19.3. The first-order valence-electron chi connectivity index (χ1n) is 8.05. The summed E-state index contributed by atoms with van der Waals surface area (Å²) in [7, 11) is 0. The zero-order valence-electron chi connectivity index (χ0n) is 14.6. The third-order valence-corrected chi connectivity index (χ3v) is 3.64. The quantitative estimate of drug-likeness (QED) is 0.525. The van der Waals surface area contributed by atoms with E-state index < -0.39 is 12.5 Å². The summed E-state index contributed by atoms with van der Waals surface area (Å²) in [5.41, 5.74) is 3.03. The normalized spacial score (nSPS) is 12.4. The molecule has 0 unspecified atom stereocenters. The van der Waals surface area contributed by atoms with Gasteiger partial charge in [-0.3, -0.25) is 4.79 Å². The number of nitrogens with zero attached hydrogens (tertiary/aromatic N) is 2. The minimum atomic E-state index is -2.67. The molecule has 6 heteroatoms. The first-order chi connectivity index (χ1) is 11.8. The van der Waals surface area contributed by atoms with Crippen LogP contribution in [-0.2, 0) is 9.53 Å². The van der Waals surface area contributed by atoms with Gasteiger partial charge in [0.05, 0.1) is 18.2 Å². The second kappa shape index (κ2) is 8.05. The first-order valence-corrected chi connectivity index (χ1v) is 8.05. The van der Waals surface area contributed by atoms with Gasteiger partial charge in [-0.2, -0.15) is 13.9 Å². The fraction of sp³-hybridized carbons (Fsp3) is 0.368. The Morgan fingerprint density at radius 1 is 1.24 bits per heavy atom. The SMILES string of the molecule is C=C(C)C[C@@H](C(=O)OC(C)C)c1ccc(-c2cnn(C(F)F)c2)cc1. The number of halogens is 2. The molecule has 4 nitrogen and oxygen atoms in total. The highest BCUT2D eigenvalue weighted by molar-refractivity contribution is 5.79. The van der Waals surface area contributed by atoms with E-state index in [2.05, 4.69) is 11.7 Å². The van der Waals surface area contributed by atoms with Gasteiger partial charge < -0.3 is 4.74 Å². The standard InChI is InChI=1S/C19H22F2N2O2/c1-12(2)9-17(18(24)25-13(3)4)15-7-5-14(6-8-15)16-10-22-23(11-16)19(20)21/h5-8,10-11,13,17,19H,1,9H2,2-4H3/t17-/m1/s1. The van der Waals surface area contributed by atoms with Crippen molar-refractivity contribution in [2.45, 2.75) is 45.8 Å². The van der Waals surface area contributed by atoms with Crippen molar-refractivity contribution in [3.63, 3.8) is 0 Å². The Hall–Kier alpha value is -2.50. The van der Waals surface area contributed by atoms with Crippen molar-refractivity contribution >= 4 is 5.97 Å². The maximum Gasteiger partial charge on any atom is 0.333 e. The molecule has 25 heavy (non-hydrogen) atoms. The van der Waals surface area contributed by atoms with Gasteiger partial charge in [-0.15, -0.1) is 6.58 Å². The lowest BCUT2D eigenvalue weighted by Crippen LogP contribution is -2.20. The topological polar surface area (TPSA) is 44.1 Å². The largest absolute Gasteiger partial charge is 0.462 e. The van der Waals surface area contributed by atoms with E-state index in [1.54, 1.807) is 26.0 Å². The molecule has 1 aromatic carbocycles. The minimum absolute atomic E-state index is 0.195. The van der Waals surface area contributed by atoms with Crippen LogP contribution in [0.15, 0.2) is 48.8 Å². The molecule has 2 rings (SSSR count). The van der Waals surface area contributed by atoms with E-state index in [0.717, 1.165) is 16.7 Å². The Bertz CT molecular complexity index is 736. The van der Waals surface area contributed by atoms with Crippen LogP contribution in [0.4, 0.5) is 8.78 Å². The summed E-state index contributed by atoms with van der Waals surface area (Å²) in [6.07, 6.45) is 2.98. The molecule has 1 aromatic heterocycles. The number of carbonyl (C=O) groups is 1. The van der Waals surface area contributed by atoms with Crippen molar-refractivity contribution in [3.8, 4) is 11.1 Å². The molecule has 2 aromatic rings. The molecule has 0 aliphatic heterocycles. The molecule has 1 atom stereocenters. The number of aromatic nitrogens is 2. The Morgan fingerprint density at radius 3 is 2.36 bits per heavy atom. The van der Waals surface area contributed by atoms with Gasteiger partial charge in [-0.1, -0.05) is 29.8 Å². The van der Waals surface area contributed by atoms with E-state index in [4.69, 9.17) is 4.74 Å². The van der Waals surface area contributed by atoms with Crippen molar-refractivity contribution in [1.29, 1.82) is 0 Å². The van der Waals surface area contributed by atoms with Crippen molar-refractivity contribution in [1.82, 2.24) is 9.78 Å². The van der Waals surface area contributed by atoms with E-state index >= 15 is 0 Å². The minimum Gasteiger partial charge on any atom is -0.462 e. The number of esters is 1. The monoisotopic (exact) mass is 348 g/mol. The Morgan fingerprint density at radius 2 is 1.88 bits per heavy atom. The van der Waals surface area contributed by atoms with Crippen LogP contribution in [-0.4, -0.2) is 21.9 Å². The second-order valence-electron chi connectivity index (χ2n) is 6.31. The molecule has 0 N–H and O–H groups in total. The van der Waals surface area contributed by atoms with Crippen molar-refractivity contribution in [3.05, 3.63) is 54.4 Å². The Labute approximate surface area is 146 Å². The smallest absolute Gasteiger partial charge is 0.333 e. The number of carbonyl (C=O) groups excluding carboxylic acids is 1. The van der Waals surface area contributed by atoms with Gasteiger partial charge >= 0.3 is 12.5 Å². The van der Waals surface area contributed by atoms with Crippen LogP contribution in [0, 0.1) is 0 Å². The lowest BCUT2D eigenvalue weighted by Gasteiger charge is -2.18. The average molecular weight is 348 g/mol. The van der Waals surface area contributed by atoms with Crippen molar-refractivity contribution in [2.24, 2.45) is 0 Å². The molecule has 0 fully saturated rings. The van der Waals surface area contributed by atoms with E-state index in [1.165, 1.54) is 12.4 Å². The first kappa shape index (κ1) is 18.8. The van der Waals surface area contributed by atoms with Crippen LogP contribution >= 0.6 is 0 Å². The predicted molar refractivity (Wildman–Crippen MR) is 92.3 cm³/mol. The molecule has 0 bridgehead atoms. The third-order valence-electron chi connectivity index (χ3n) is 3.64. The van der Waals surface area contributed by atoms with Crippen LogP contribution in [0.1, 0.15) is 45.2 Å². The van der Waals surface area contributed by atoms with E-state index in [1.807, 2.05) is 19.1 Å². The van der Waals surface area contributed by atoms with Gasteiger partial charge in [0.15, 0.2) is 0 Å². The van der Waals surface area contributed by atoms with Crippen LogP contribution in [0.5, 0.6) is 0 Å². The van der Waals surface area contributed by atoms with Crippen LogP contribution in [0.3, 0.4) is 0 Å². The summed E-state index contributed by atoms with van der Waals surface area (Å²) < 4.78 is 31.2. The molecule has 0 saturated carbocycles. The molecule has 0 aliphatic rings. The molecule has 0 saturated heterocycles. The van der Waals surface area contributed by atoms with Crippen LogP contribution in [0.25, 0.3) is 11.1 Å². The van der Waals surface area contributed by atoms with Gasteiger partial charge in [-0.05, 0) is 38.3 Å². The molecule has 0 spiro atoms. The number of allylic oxidation sites excluding steroid dienone is 1. The van der Waals surface area contributed by atoms with Crippen molar-refractivity contribution in [2.75, 3.05) is 0 Å². The number of rotatable bonds is 7. The van der Waals surface area contributed by atoms with Crippen molar-refractivity contribution < 1.29 is 18.3 Å². The lowest BCUT2D eigenvalue weighted by atomic mass is 9.91. The maximum absolute atomic E-state index is 12.6. The average Bonchev–Trinajstić information content (AvgIpc) is 3.02. The predicted octanol–water partition coefficient (Wildman–Crippen LogP) is 4.95. The van der Waals surface area contributed by atoms with E-state index in [9.17, 15) is 13.6 Å². The summed E-state index contributed by atoms with van der Waals surface area (Å²) in [6, 6.07) is 7.20. The van der Waals surface area contributed by atoms with Gasteiger partial charge in [0.1, 0.15) is 0 Å². The van der Waals surface area contributed by atoms with E-state index in [-0.39, 0.29) is 12.1 Å². The maximum atomic E-state index is 12.6. The Balaban J connectivity index is 2.24. The van der Waals surface area contributed by atoms with Gasteiger partial charge in [0, 0.05) is 11.8 Å². The molecule has 134 valence electrons. The summed E-state index contributed by atoms with van der Waals surface area (Å²) in [5.74, 6) is -0.728. The number of hydrogen-bond acceptors (Lipinski definition) is 3. The summed E-state index contributed by atoms with van der Waals surface area (Å²) >= 11 is 0. The fourth-order valence-electron chi connectivity index (χ4n) is 2.50. The van der Waals surface area contributed by atoms with Crippen LogP contribution in [0.2, 0.25) is 0 Å². The molecule has 1 heterocycles. The summed E-state index contributed by atoms with van der Waals surface area (Å²) in [6.45, 7) is 6.68. The Kier molecular flexibility index (Phi) is 6.07. The number of benzene rings is 1. The summed E-state index contributed by atoms with van der Waals surface area (Å²) in [5, 5.41) is 3.63. The van der Waals surface area contributed by atoms with Gasteiger partial charge in [0.2, 0.25) is 0 Å². The zero-order valence-corrected chi connectivity index (χ0v) is 14.6. The lowest BCUT2D eigenvalue weighted by molar-refractivity contribution is -0.149. The number of ether oxygens (including phenoxy) is 1. The van der Waals surface area contributed by atoms with E-state index in [0.29, 0.717) is 16.7 Å².